The third kappa shape index (κ3) is 2.60. The molecule has 1 aliphatic heterocycles. The van der Waals surface area contributed by atoms with Gasteiger partial charge < -0.3 is 8.83 Å². The second-order valence-corrected chi connectivity index (χ2v) is 7.06. The van der Waals surface area contributed by atoms with Crippen molar-refractivity contribution in [3.63, 3.8) is 0 Å². The standard InChI is InChI=1S/C13H17N3O4S/c1-9-5-3-4-6-16(9)21(17,18)12-7-11(8-19-12)13-15-14-10(2)20-13/h7-9H,3-6H2,1-2H3/t9-/m0/s1. The van der Waals surface area contributed by atoms with Crippen LogP contribution in [0.15, 0.2) is 26.3 Å². The number of piperidine rings is 1. The molecule has 0 amide bonds. The minimum absolute atomic E-state index is 0.0112. The van der Waals surface area contributed by atoms with Crippen LogP contribution in [0.25, 0.3) is 11.5 Å². The number of hydrogen-bond donors (Lipinski definition) is 0. The normalized spacial score (nSPS) is 20.8. The fourth-order valence-corrected chi connectivity index (χ4v) is 4.15. The van der Waals surface area contributed by atoms with E-state index in [1.54, 1.807) is 6.92 Å². The van der Waals surface area contributed by atoms with Gasteiger partial charge >= 0.3 is 0 Å². The Morgan fingerprint density at radius 3 is 2.81 bits per heavy atom. The van der Waals surface area contributed by atoms with Crippen LogP contribution in [0.1, 0.15) is 32.1 Å². The Morgan fingerprint density at radius 1 is 1.33 bits per heavy atom. The van der Waals surface area contributed by atoms with E-state index in [1.807, 2.05) is 6.92 Å². The average molecular weight is 311 g/mol. The first kappa shape index (κ1) is 14.3. The molecule has 1 fully saturated rings. The van der Waals surface area contributed by atoms with Gasteiger partial charge in [0.2, 0.25) is 11.0 Å². The molecule has 0 radical (unpaired) electrons. The number of sulfonamides is 1. The van der Waals surface area contributed by atoms with E-state index in [-0.39, 0.29) is 17.0 Å². The SMILES string of the molecule is Cc1nnc(-c2coc(S(=O)(=O)N3CCCC[C@@H]3C)c2)o1. The predicted octanol–water partition coefficient (Wildman–Crippen LogP) is 2.20. The Kier molecular flexibility index (Phi) is 3.58. The Bertz CT molecular complexity index is 734. The van der Waals surface area contributed by atoms with Crippen molar-refractivity contribution in [3.8, 4) is 11.5 Å². The van der Waals surface area contributed by atoms with E-state index < -0.39 is 10.0 Å². The van der Waals surface area contributed by atoms with Crippen LogP contribution >= 0.6 is 0 Å². The molecule has 0 aliphatic carbocycles. The molecular weight excluding hydrogens is 294 g/mol. The monoisotopic (exact) mass is 311 g/mol. The lowest BCUT2D eigenvalue weighted by molar-refractivity contribution is 0.262. The van der Waals surface area contributed by atoms with Gasteiger partial charge in [0.1, 0.15) is 6.26 Å². The van der Waals surface area contributed by atoms with Gasteiger partial charge in [-0.25, -0.2) is 8.42 Å². The lowest BCUT2D eigenvalue weighted by Crippen LogP contribution is -2.41. The van der Waals surface area contributed by atoms with Gasteiger partial charge in [0.05, 0.1) is 5.56 Å². The molecule has 1 atom stereocenters. The molecule has 3 heterocycles. The van der Waals surface area contributed by atoms with Crippen LogP contribution in [0, 0.1) is 6.92 Å². The molecular formula is C13H17N3O4S. The van der Waals surface area contributed by atoms with E-state index in [0.29, 0.717) is 18.0 Å². The molecule has 0 N–H and O–H groups in total. The molecule has 0 unspecified atom stereocenters. The maximum absolute atomic E-state index is 12.6. The maximum Gasteiger partial charge on any atom is 0.276 e. The number of nitrogens with zero attached hydrogens (tertiary/aromatic N) is 3. The second-order valence-electron chi connectivity index (χ2n) is 5.24. The number of aryl methyl sites for hydroxylation is 1. The third-order valence-electron chi connectivity index (χ3n) is 3.65. The van der Waals surface area contributed by atoms with Crippen molar-refractivity contribution < 1.29 is 17.3 Å². The molecule has 8 heteroatoms. The molecule has 1 saturated heterocycles. The zero-order chi connectivity index (χ0) is 15.0. The molecule has 114 valence electrons. The lowest BCUT2D eigenvalue weighted by Gasteiger charge is -2.31. The smallest absolute Gasteiger partial charge is 0.276 e. The Balaban J connectivity index is 1.91. The summed E-state index contributed by atoms with van der Waals surface area (Å²) < 4.78 is 37.2. The quantitative estimate of drug-likeness (QED) is 0.863. The van der Waals surface area contributed by atoms with Gasteiger partial charge in [0.15, 0.2) is 0 Å². The van der Waals surface area contributed by atoms with Crippen molar-refractivity contribution in [1.29, 1.82) is 0 Å². The van der Waals surface area contributed by atoms with Gasteiger partial charge in [-0.1, -0.05) is 6.42 Å². The van der Waals surface area contributed by atoms with Crippen LogP contribution in [0.5, 0.6) is 0 Å². The van der Waals surface area contributed by atoms with Crippen LogP contribution in [0.4, 0.5) is 0 Å². The fraction of sp³-hybridized carbons (Fsp3) is 0.538. The lowest BCUT2D eigenvalue weighted by atomic mass is 10.1. The van der Waals surface area contributed by atoms with Crippen molar-refractivity contribution in [2.45, 2.75) is 44.2 Å². The molecule has 0 spiro atoms. The fourth-order valence-electron chi connectivity index (χ4n) is 2.52. The van der Waals surface area contributed by atoms with Gasteiger partial charge in [-0.15, -0.1) is 10.2 Å². The van der Waals surface area contributed by atoms with Crippen LogP contribution in [-0.2, 0) is 10.0 Å². The molecule has 21 heavy (non-hydrogen) atoms. The van der Waals surface area contributed by atoms with E-state index in [9.17, 15) is 8.42 Å². The average Bonchev–Trinajstić information content (AvgIpc) is 3.07. The zero-order valence-corrected chi connectivity index (χ0v) is 12.8. The van der Waals surface area contributed by atoms with Crippen LogP contribution in [0.2, 0.25) is 0 Å². The summed E-state index contributed by atoms with van der Waals surface area (Å²) in [7, 11) is -3.61. The Labute approximate surface area is 123 Å². The number of furan rings is 1. The molecule has 0 aromatic carbocycles. The Hall–Kier alpha value is -1.67. The van der Waals surface area contributed by atoms with Crippen LogP contribution in [0.3, 0.4) is 0 Å². The first-order valence-corrected chi connectivity index (χ1v) is 8.33. The molecule has 0 bridgehead atoms. The summed E-state index contributed by atoms with van der Waals surface area (Å²) in [6.07, 6.45) is 4.13. The van der Waals surface area contributed by atoms with Gasteiger partial charge in [-0.3, -0.25) is 0 Å². The van der Waals surface area contributed by atoms with Crippen LogP contribution in [-0.4, -0.2) is 35.5 Å². The van der Waals surface area contributed by atoms with E-state index >= 15 is 0 Å². The zero-order valence-electron chi connectivity index (χ0n) is 11.9. The molecule has 7 nitrogen and oxygen atoms in total. The Morgan fingerprint density at radius 2 is 2.14 bits per heavy atom. The first-order valence-electron chi connectivity index (χ1n) is 6.89. The predicted molar refractivity (Wildman–Crippen MR) is 73.9 cm³/mol. The maximum atomic E-state index is 12.6. The minimum Gasteiger partial charge on any atom is -0.451 e. The van der Waals surface area contributed by atoms with E-state index in [4.69, 9.17) is 8.83 Å². The highest BCUT2D eigenvalue weighted by atomic mass is 32.2. The molecule has 2 aromatic heterocycles. The summed E-state index contributed by atoms with van der Waals surface area (Å²) in [5, 5.41) is 7.49. The molecule has 1 aliphatic rings. The summed E-state index contributed by atoms with van der Waals surface area (Å²) in [6.45, 7) is 4.12. The second kappa shape index (κ2) is 5.27. The highest BCUT2D eigenvalue weighted by molar-refractivity contribution is 7.89. The summed E-state index contributed by atoms with van der Waals surface area (Å²) >= 11 is 0. The van der Waals surface area contributed by atoms with Crippen molar-refractivity contribution in [2.24, 2.45) is 0 Å². The molecule has 0 saturated carbocycles. The van der Waals surface area contributed by atoms with Crippen LogP contribution < -0.4 is 0 Å². The van der Waals surface area contributed by atoms with Crippen molar-refractivity contribution in [2.75, 3.05) is 6.54 Å². The van der Waals surface area contributed by atoms with Gasteiger partial charge in [-0.05, 0) is 19.8 Å². The highest BCUT2D eigenvalue weighted by Crippen LogP contribution is 2.29. The van der Waals surface area contributed by atoms with Crippen molar-refractivity contribution in [3.05, 3.63) is 18.2 Å². The number of hydrogen-bond acceptors (Lipinski definition) is 6. The van der Waals surface area contributed by atoms with Crippen molar-refractivity contribution >= 4 is 10.0 Å². The number of rotatable bonds is 3. The van der Waals surface area contributed by atoms with E-state index in [1.165, 1.54) is 16.6 Å². The molecule has 3 rings (SSSR count). The van der Waals surface area contributed by atoms with Gasteiger partial charge in [-0.2, -0.15) is 4.31 Å². The van der Waals surface area contributed by atoms with Gasteiger partial charge in [0.25, 0.3) is 15.9 Å². The summed E-state index contributed by atoms with van der Waals surface area (Å²) in [5.41, 5.74) is 0.471. The summed E-state index contributed by atoms with van der Waals surface area (Å²) in [5.74, 6) is 0.671. The number of aromatic nitrogens is 2. The van der Waals surface area contributed by atoms with E-state index in [2.05, 4.69) is 10.2 Å². The first-order chi connectivity index (χ1) is 9.98. The van der Waals surface area contributed by atoms with E-state index in [0.717, 1.165) is 19.3 Å². The topological polar surface area (TPSA) is 89.4 Å². The molecule has 2 aromatic rings. The van der Waals surface area contributed by atoms with Crippen molar-refractivity contribution in [1.82, 2.24) is 14.5 Å². The third-order valence-corrected chi connectivity index (χ3v) is 5.54. The largest absolute Gasteiger partial charge is 0.451 e. The summed E-state index contributed by atoms with van der Waals surface area (Å²) in [4.78, 5) is 0. The van der Waals surface area contributed by atoms with Gasteiger partial charge in [0, 0.05) is 25.6 Å². The highest BCUT2D eigenvalue weighted by Gasteiger charge is 2.33. The minimum atomic E-state index is -3.61. The summed E-state index contributed by atoms with van der Waals surface area (Å²) in [6, 6.07) is 1.42.